The average Bonchev–Trinajstić information content (AvgIpc) is 3.60. The Hall–Kier alpha value is -1.17. The molecule has 5 heteroatoms. The fourth-order valence-corrected chi connectivity index (χ4v) is 6.42. The number of aliphatic hydroxyl groups is 2. The molecular formula is C37H66O5. The third kappa shape index (κ3) is 17.2. The van der Waals surface area contributed by atoms with Crippen LogP contribution in [-0.2, 0) is 14.3 Å². The minimum atomic E-state index is -0.558. The maximum atomic E-state index is 11.6. The normalized spacial score (nSPS) is 22.1. The van der Waals surface area contributed by atoms with Crippen molar-refractivity contribution in [2.24, 2.45) is 0 Å². The maximum Gasteiger partial charge on any atom is 0.334 e. The molecule has 0 aromatic rings. The van der Waals surface area contributed by atoms with Crippen molar-refractivity contribution in [3.63, 3.8) is 0 Å². The van der Waals surface area contributed by atoms with E-state index in [9.17, 15) is 15.0 Å². The van der Waals surface area contributed by atoms with E-state index in [1.54, 1.807) is 0 Å². The summed E-state index contributed by atoms with van der Waals surface area (Å²) in [5.41, 5.74) is 0.867. The molecule has 5 nitrogen and oxygen atoms in total. The lowest BCUT2D eigenvalue weighted by molar-refractivity contribution is -0.139. The van der Waals surface area contributed by atoms with Gasteiger partial charge in [0.05, 0.1) is 24.4 Å². The summed E-state index contributed by atoms with van der Waals surface area (Å²) >= 11 is 0. The molecule has 0 saturated carbocycles. The minimum Gasteiger partial charge on any atom is -0.455 e. The second-order valence-corrected chi connectivity index (χ2v) is 13.1. The van der Waals surface area contributed by atoms with E-state index in [2.05, 4.69) is 13.0 Å². The Kier molecular flexibility index (Phi) is 21.3. The topological polar surface area (TPSA) is 76.0 Å². The number of hydrogen-bond acceptors (Lipinski definition) is 5. The maximum absolute atomic E-state index is 11.6. The summed E-state index contributed by atoms with van der Waals surface area (Å²) in [5.74, 6) is -0.119. The Labute approximate surface area is 258 Å². The van der Waals surface area contributed by atoms with Crippen LogP contribution in [0.5, 0.6) is 0 Å². The van der Waals surface area contributed by atoms with Gasteiger partial charge in [-0.25, -0.2) is 4.79 Å². The van der Waals surface area contributed by atoms with Gasteiger partial charge in [-0.1, -0.05) is 135 Å². The van der Waals surface area contributed by atoms with Gasteiger partial charge >= 0.3 is 5.97 Å². The fourth-order valence-electron chi connectivity index (χ4n) is 6.42. The van der Waals surface area contributed by atoms with Crippen LogP contribution in [0.1, 0.15) is 174 Å². The number of esters is 1. The summed E-state index contributed by atoms with van der Waals surface area (Å²) in [6.45, 7) is 4.18. The van der Waals surface area contributed by atoms with E-state index in [1.165, 1.54) is 116 Å². The van der Waals surface area contributed by atoms with Crippen molar-refractivity contribution in [1.29, 1.82) is 0 Å². The smallest absolute Gasteiger partial charge is 0.334 e. The van der Waals surface area contributed by atoms with Crippen LogP contribution in [0.2, 0.25) is 0 Å². The second kappa shape index (κ2) is 24.2. The molecule has 0 aromatic heterocycles. The molecule has 5 atom stereocenters. The van der Waals surface area contributed by atoms with Crippen molar-refractivity contribution in [2.45, 2.75) is 205 Å². The molecular weight excluding hydrogens is 524 g/mol. The minimum absolute atomic E-state index is 0.0468. The van der Waals surface area contributed by atoms with Gasteiger partial charge in [-0.2, -0.15) is 0 Å². The van der Waals surface area contributed by atoms with Crippen molar-refractivity contribution in [3.05, 3.63) is 23.8 Å². The molecule has 5 unspecified atom stereocenters. The van der Waals surface area contributed by atoms with Crippen LogP contribution in [0.15, 0.2) is 23.8 Å². The highest BCUT2D eigenvalue weighted by molar-refractivity contribution is 5.90. The SMILES string of the molecule is CCCCCCCCCCCC/C=C\C(O)C1CCC(C(O)CCCCCCCCCCCCC2=CC(C)OC2=O)O1. The zero-order valence-corrected chi connectivity index (χ0v) is 27.4. The van der Waals surface area contributed by atoms with Gasteiger partial charge in [0, 0.05) is 5.57 Å². The molecule has 2 N–H and O–H groups in total. The molecule has 0 aromatic carbocycles. The number of rotatable bonds is 27. The monoisotopic (exact) mass is 590 g/mol. The second-order valence-electron chi connectivity index (χ2n) is 13.1. The Bertz CT molecular complexity index is 732. The largest absolute Gasteiger partial charge is 0.455 e. The van der Waals surface area contributed by atoms with Crippen LogP contribution >= 0.6 is 0 Å². The number of carbonyl (C=O) groups excluding carboxylic acids is 1. The quantitative estimate of drug-likeness (QED) is 0.0566. The summed E-state index contributed by atoms with van der Waals surface area (Å²) in [7, 11) is 0. The number of allylic oxidation sites excluding steroid dienone is 1. The van der Waals surface area contributed by atoms with Crippen LogP contribution < -0.4 is 0 Å². The molecule has 0 aliphatic carbocycles. The lowest BCUT2D eigenvalue weighted by atomic mass is 10.0. The van der Waals surface area contributed by atoms with E-state index >= 15 is 0 Å². The number of cyclic esters (lactones) is 1. The third-order valence-corrected chi connectivity index (χ3v) is 9.14. The standard InChI is InChI=1S/C37H66O5/c1-3-4-5-6-7-8-9-10-14-17-20-23-26-33(38)35-28-29-36(42-35)34(39)27-24-21-18-15-12-11-13-16-19-22-25-32-30-31(2)41-37(32)40/h23,26,30-31,33-36,38-39H,3-22,24-25,27-29H2,1-2H3/b26-23-. The van der Waals surface area contributed by atoms with Gasteiger partial charge in [-0.05, 0) is 57.9 Å². The third-order valence-electron chi connectivity index (χ3n) is 9.14. The Morgan fingerprint density at radius 2 is 1.29 bits per heavy atom. The van der Waals surface area contributed by atoms with E-state index in [0.717, 1.165) is 50.5 Å². The molecule has 0 amide bonds. The predicted molar refractivity (Wildman–Crippen MR) is 175 cm³/mol. The van der Waals surface area contributed by atoms with Gasteiger partial charge in [-0.15, -0.1) is 0 Å². The van der Waals surface area contributed by atoms with Crippen molar-refractivity contribution in [2.75, 3.05) is 0 Å². The van der Waals surface area contributed by atoms with Crippen LogP contribution in [0.25, 0.3) is 0 Å². The molecule has 1 fully saturated rings. The summed E-state index contributed by atoms with van der Waals surface area (Å²) in [6.07, 6.45) is 34.6. The first-order valence-corrected chi connectivity index (χ1v) is 18.1. The highest BCUT2D eigenvalue weighted by atomic mass is 16.5. The van der Waals surface area contributed by atoms with E-state index in [4.69, 9.17) is 9.47 Å². The van der Waals surface area contributed by atoms with E-state index in [1.807, 2.05) is 19.1 Å². The Balaban J connectivity index is 1.36. The summed E-state index contributed by atoms with van der Waals surface area (Å²) in [6, 6.07) is 0. The lowest BCUT2D eigenvalue weighted by Crippen LogP contribution is -2.30. The van der Waals surface area contributed by atoms with Crippen molar-refractivity contribution >= 4 is 5.97 Å². The molecule has 2 heterocycles. The van der Waals surface area contributed by atoms with Crippen molar-refractivity contribution in [1.82, 2.24) is 0 Å². The summed E-state index contributed by atoms with van der Waals surface area (Å²) in [4.78, 5) is 11.6. The number of aliphatic hydroxyl groups excluding tert-OH is 2. The molecule has 2 aliphatic rings. The Morgan fingerprint density at radius 3 is 1.86 bits per heavy atom. The first kappa shape index (κ1) is 37.0. The van der Waals surface area contributed by atoms with Gasteiger partial charge in [-0.3, -0.25) is 0 Å². The molecule has 0 radical (unpaired) electrons. The number of unbranched alkanes of at least 4 members (excludes halogenated alkanes) is 19. The van der Waals surface area contributed by atoms with E-state index < -0.39 is 12.2 Å². The fraction of sp³-hybridized carbons (Fsp3) is 0.865. The van der Waals surface area contributed by atoms with Crippen LogP contribution in [0.4, 0.5) is 0 Å². The molecule has 0 bridgehead atoms. The number of carbonyl (C=O) groups is 1. The van der Waals surface area contributed by atoms with Gasteiger partial charge < -0.3 is 19.7 Å². The highest BCUT2D eigenvalue weighted by Gasteiger charge is 2.33. The highest BCUT2D eigenvalue weighted by Crippen LogP contribution is 2.27. The zero-order valence-electron chi connectivity index (χ0n) is 27.4. The van der Waals surface area contributed by atoms with Crippen LogP contribution in [-0.4, -0.2) is 46.7 Å². The Morgan fingerprint density at radius 1 is 0.762 bits per heavy atom. The first-order valence-electron chi connectivity index (χ1n) is 18.1. The van der Waals surface area contributed by atoms with Crippen molar-refractivity contribution < 1.29 is 24.5 Å². The van der Waals surface area contributed by atoms with Gasteiger partial charge in [0.25, 0.3) is 0 Å². The molecule has 42 heavy (non-hydrogen) atoms. The predicted octanol–water partition coefficient (Wildman–Crippen LogP) is 9.68. The summed E-state index contributed by atoms with van der Waals surface area (Å²) in [5, 5.41) is 21.2. The van der Waals surface area contributed by atoms with Crippen molar-refractivity contribution in [3.8, 4) is 0 Å². The zero-order chi connectivity index (χ0) is 30.3. The molecule has 0 spiro atoms. The number of ether oxygens (including phenoxy) is 2. The van der Waals surface area contributed by atoms with Gasteiger partial charge in [0.2, 0.25) is 0 Å². The molecule has 2 rings (SSSR count). The van der Waals surface area contributed by atoms with E-state index in [-0.39, 0.29) is 24.3 Å². The summed E-state index contributed by atoms with van der Waals surface area (Å²) < 4.78 is 11.2. The lowest BCUT2D eigenvalue weighted by Gasteiger charge is -2.20. The van der Waals surface area contributed by atoms with E-state index in [0.29, 0.717) is 0 Å². The van der Waals surface area contributed by atoms with Gasteiger partial charge in [0.15, 0.2) is 0 Å². The van der Waals surface area contributed by atoms with Crippen LogP contribution in [0.3, 0.4) is 0 Å². The molecule has 2 aliphatic heterocycles. The van der Waals surface area contributed by atoms with Gasteiger partial charge in [0.1, 0.15) is 6.10 Å². The van der Waals surface area contributed by atoms with Crippen LogP contribution in [0, 0.1) is 0 Å². The average molecular weight is 591 g/mol. The number of hydrogen-bond donors (Lipinski definition) is 2. The molecule has 244 valence electrons. The first-order chi connectivity index (χ1) is 20.5. The molecule has 1 saturated heterocycles.